The summed E-state index contributed by atoms with van der Waals surface area (Å²) in [6, 6.07) is 13.7. The maximum Gasteiger partial charge on any atom is 0.243 e. The van der Waals surface area contributed by atoms with Crippen molar-refractivity contribution < 1.29 is 13.9 Å². The summed E-state index contributed by atoms with van der Waals surface area (Å²) in [4.78, 5) is 14.2. The smallest absolute Gasteiger partial charge is 0.243 e. The predicted octanol–water partition coefficient (Wildman–Crippen LogP) is 2.71. The SMILES string of the molecule is O=C(CNc1ccc(F)cc1)Nc1ccc(N2CCOCC2)cc1. The quantitative estimate of drug-likeness (QED) is 0.886. The lowest BCUT2D eigenvalue weighted by Crippen LogP contribution is -2.36. The number of rotatable bonds is 5. The van der Waals surface area contributed by atoms with Gasteiger partial charge in [-0.25, -0.2) is 4.39 Å². The van der Waals surface area contributed by atoms with Crippen molar-refractivity contribution in [3.05, 3.63) is 54.3 Å². The van der Waals surface area contributed by atoms with E-state index in [1.807, 2.05) is 24.3 Å². The van der Waals surface area contributed by atoms with Crippen LogP contribution in [0.5, 0.6) is 0 Å². The fourth-order valence-electron chi connectivity index (χ4n) is 2.53. The minimum absolute atomic E-state index is 0.122. The molecule has 2 N–H and O–H groups in total. The van der Waals surface area contributed by atoms with E-state index in [1.54, 1.807) is 12.1 Å². The first-order valence-electron chi connectivity index (χ1n) is 7.93. The predicted molar refractivity (Wildman–Crippen MR) is 93.0 cm³/mol. The van der Waals surface area contributed by atoms with Crippen LogP contribution in [0.4, 0.5) is 21.5 Å². The molecule has 1 heterocycles. The average molecular weight is 329 g/mol. The van der Waals surface area contributed by atoms with Crippen molar-refractivity contribution in [2.45, 2.75) is 0 Å². The van der Waals surface area contributed by atoms with Gasteiger partial charge in [-0.1, -0.05) is 0 Å². The van der Waals surface area contributed by atoms with Crippen LogP contribution in [0.2, 0.25) is 0 Å². The topological polar surface area (TPSA) is 53.6 Å². The van der Waals surface area contributed by atoms with Crippen molar-refractivity contribution in [2.75, 3.05) is 48.4 Å². The third kappa shape index (κ3) is 4.45. The summed E-state index contributed by atoms with van der Waals surface area (Å²) in [6.07, 6.45) is 0. The highest BCUT2D eigenvalue weighted by Gasteiger charge is 2.11. The molecule has 0 spiro atoms. The molecule has 1 aliphatic rings. The Hall–Kier alpha value is -2.60. The van der Waals surface area contributed by atoms with Crippen LogP contribution < -0.4 is 15.5 Å². The molecule has 0 radical (unpaired) electrons. The molecule has 126 valence electrons. The average Bonchev–Trinajstić information content (AvgIpc) is 2.63. The van der Waals surface area contributed by atoms with E-state index in [1.165, 1.54) is 12.1 Å². The molecule has 0 aromatic heterocycles. The van der Waals surface area contributed by atoms with Crippen molar-refractivity contribution in [1.29, 1.82) is 0 Å². The number of nitrogens with zero attached hydrogens (tertiary/aromatic N) is 1. The standard InChI is InChI=1S/C18H20FN3O2/c19-14-1-3-15(4-2-14)20-13-18(23)21-16-5-7-17(8-6-16)22-9-11-24-12-10-22/h1-8,20H,9-13H2,(H,21,23). The molecule has 24 heavy (non-hydrogen) atoms. The number of carbonyl (C=O) groups excluding carboxylic acids is 1. The molecule has 2 aromatic carbocycles. The van der Waals surface area contributed by atoms with Gasteiger partial charge in [-0.3, -0.25) is 4.79 Å². The lowest BCUT2D eigenvalue weighted by Gasteiger charge is -2.28. The summed E-state index contributed by atoms with van der Waals surface area (Å²) in [5, 5.41) is 5.79. The fraction of sp³-hybridized carbons (Fsp3) is 0.278. The highest BCUT2D eigenvalue weighted by atomic mass is 19.1. The van der Waals surface area contributed by atoms with E-state index in [-0.39, 0.29) is 18.3 Å². The van der Waals surface area contributed by atoms with E-state index in [0.29, 0.717) is 5.69 Å². The molecule has 0 aliphatic carbocycles. The van der Waals surface area contributed by atoms with Gasteiger partial charge in [0, 0.05) is 30.2 Å². The van der Waals surface area contributed by atoms with Gasteiger partial charge in [0.05, 0.1) is 19.8 Å². The normalized spacial score (nSPS) is 14.3. The summed E-state index contributed by atoms with van der Waals surface area (Å²) in [5.74, 6) is -0.455. The van der Waals surface area contributed by atoms with Gasteiger partial charge in [-0.2, -0.15) is 0 Å². The Morgan fingerprint density at radius 2 is 1.62 bits per heavy atom. The third-order valence-electron chi connectivity index (χ3n) is 3.82. The maximum atomic E-state index is 12.8. The number of benzene rings is 2. The zero-order valence-corrected chi connectivity index (χ0v) is 13.3. The molecule has 1 fully saturated rings. The lowest BCUT2D eigenvalue weighted by atomic mass is 10.2. The monoisotopic (exact) mass is 329 g/mol. The van der Waals surface area contributed by atoms with Gasteiger partial charge in [0.15, 0.2) is 0 Å². The molecular formula is C18H20FN3O2. The lowest BCUT2D eigenvalue weighted by molar-refractivity contribution is -0.114. The Kier molecular flexibility index (Phi) is 5.28. The molecular weight excluding hydrogens is 309 g/mol. The molecule has 6 heteroatoms. The van der Waals surface area contributed by atoms with Crippen LogP contribution in [0, 0.1) is 5.82 Å². The third-order valence-corrected chi connectivity index (χ3v) is 3.82. The maximum absolute atomic E-state index is 12.8. The van der Waals surface area contributed by atoms with E-state index in [2.05, 4.69) is 15.5 Å². The molecule has 1 saturated heterocycles. The second kappa shape index (κ2) is 7.79. The van der Waals surface area contributed by atoms with Gasteiger partial charge >= 0.3 is 0 Å². The van der Waals surface area contributed by atoms with Gasteiger partial charge in [-0.15, -0.1) is 0 Å². The van der Waals surface area contributed by atoms with Crippen molar-refractivity contribution in [2.24, 2.45) is 0 Å². The Morgan fingerprint density at radius 3 is 2.29 bits per heavy atom. The number of morpholine rings is 1. The van der Waals surface area contributed by atoms with Crippen LogP contribution in [0.15, 0.2) is 48.5 Å². The zero-order valence-electron chi connectivity index (χ0n) is 13.3. The van der Waals surface area contributed by atoms with Crippen LogP contribution in [0.3, 0.4) is 0 Å². The minimum atomic E-state index is -0.301. The van der Waals surface area contributed by atoms with E-state index in [9.17, 15) is 9.18 Å². The fourth-order valence-corrected chi connectivity index (χ4v) is 2.53. The number of anilines is 3. The Balaban J connectivity index is 1.49. The largest absolute Gasteiger partial charge is 0.378 e. The number of nitrogens with one attached hydrogen (secondary N) is 2. The summed E-state index contributed by atoms with van der Waals surface area (Å²) in [7, 11) is 0. The van der Waals surface area contributed by atoms with E-state index in [4.69, 9.17) is 4.74 Å². The summed E-state index contributed by atoms with van der Waals surface area (Å²) in [6.45, 7) is 3.37. The molecule has 1 aliphatic heterocycles. The van der Waals surface area contributed by atoms with Crippen molar-refractivity contribution in [1.82, 2.24) is 0 Å². The second-order valence-corrected chi connectivity index (χ2v) is 5.55. The second-order valence-electron chi connectivity index (χ2n) is 5.55. The van der Waals surface area contributed by atoms with E-state index in [0.717, 1.165) is 37.7 Å². The first-order valence-corrected chi connectivity index (χ1v) is 7.93. The van der Waals surface area contributed by atoms with Crippen LogP contribution in [-0.2, 0) is 9.53 Å². The molecule has 0 atom stereocenters. The first-order chi connectivity index (χ1) is 11.7. The van der Waals surface area contributed by atoms with Crippen molar-refractivity contribution in [3.63, 3.8) is 0 Å². The Bertz CT molecular complexity index is 668. The summed E-state index contributed by atoms with van der Waals surface area (Å²) in [5.41, 5.74) is 2.58. The van der Waals surface area contributed by atoms with Crippen LogP contribution in [0.25, 0.3) is 0 Å². The summed E-state index contributed by atoms with van der Waals surface area (Å²) < 4.78 is 18.2. The molecule has 1 amide bonds. The molecule has 0 bridgehead atoms. The van der Waals surface area contributed by atoms with Gasteiger partial charge in [-0.05, 0) is 48.5 Å². The van der Waals surface area contributed by atoms with Gasteiger partial charge in [0.2, 0.25) is 5.91 Å². The van der Waals surface area contributed by atoms with Gasteiger partial charge in [0.25, 0.3) is 0 Å². The molecule has 3 rings (SSSR count). The highest BCUT2D eigenvalue weighted by molar-refractivity contribution is 5.93. The molecule has 5 nitrogen and oxygen atoms in total. The van der Waals surface area contributed by atoms with Crippen molar-refractivity contribution >= 4 is 23.0 Å². The van der Waals surface area contributed by atoms with Crippen LogP contribution in [-0.4, -0.2) is 38.8 Å². The number of amides is 1. The van der Waals surface area contributed by atoms with E-state index < -0.39 is 0 Å². The van der Waals surface area contributed by atoms with Gasteiger partial charge in [0.1, 0.15) is 5.82 Å². The zero-order chi connectivity index (χ0) is 16.8. The molecule has 0 unspecified atom stereocenters. The van der Waals surface area contributed by atoms with Crippen molar-refractivity contribution in [3.8, 4) is 0 Å². The van der Waals surface area contributed by atoms with Gasteiger partial charge < -0.3 is 20.3 Å². The summed E-state index contributed by atoms with van der Waals surface area (Å²) >= 11 is 0. The number of halogens is 1. The number of hydrogen-bond donors (Lipinski definition) is 2. The Morgan fingerprint density at radius 1 is 1.00 bits per heavy atom. The molecule has 2 aromatic rings. The minimum Gasteiger partial charge on any atom is -0.378 e. The highest BCUT2D eigenvalue weighted by Crippen LogP contribution is 2.19. The number of carbonyl (C=O) groups is 1. The Labute approximate surface area is 140 Å². The number of ether oxygens (including phenoxy) is 1. The van der Waals surface area contributed by atoms with Crippen LogP contribution in [0.1, 0.15) is 0 Å². The molecule has 0 saturated carbocycles. The van der Waals surface area contributed by atoms with Crippen LogP contribution >= 0.6 is 0 Å². The number of hydrogen-bond acceptors (Lipinski definition) is 4. The first kappa shape index (κ1) is 16.3. The van der Waals surface area contributed by atoms with E-state index >= 15 is 0 Å².